The second kappa shape index (κ2) is 9.49. The fraction of sp³-hybridized carbons (Fsp3) is 0.304. The van der Waals surface area contributed by atoms with Crippen LogP contribution in [0.5, 0.6) is 11.5 Å². The lowest BCUT2D eigenvalue weighted by molar-refractivity contribution is -0.383. The number of fused-ring (bicyclic) bond motifs is 1. The first kappa shape index (κ1) is 23.6. The van der Waals surface area contributed by atoms with Crippen LogP contribution < -0.4 is 19.7 Å². The van der Waals surface area contributed by atoms with Crippen LogP contribution in [0.1, 0.15) is 11.1 Å². The van der Waals surface area contributed by atoms with E-state index in [1.165, 1.54) is 18.2 Å². The second-order valence-corrected chi connectivity index (χ2v) is 8.27. The van der Waals surface area contributed by atoms with Gasteiger partial charge in [0.1, 0.15) is 6.33 Å². The molecule has 1 N–H and O–H groups in total. The number of anilines is 3. The van der Waals surface area contributed by atoms with Gasteiger partial charge in [0.2, 0.25) is 18.4 Å². The number of piperazine rings is 1. The number of para-hydroxylation sites is 1. The van der Waals surface area contributed by atoms with E-state index in [1.807, 2.05) is 18.2 Å². The molecule has 10 nitrogen and oxygen atoms in total. The number of hydrogen-bond acceptors (Lipinski definition) is 9. The van der Waals surface area contributed by atoms with Gasteiger partial charge in [0.05, 0.1) is 16.2 Å². The Kier molecular flexibility index (Phi) is 6.22. The zero-order valence-corrected chi connectivity index (χ0v) is 18.9. The van der Waals surface area contributed by atoms with E-state index in [4.69, 9.17) is 9.47 Å². The first-order valence-corrected chi connectivity index (χ1v) is 11.1. The van der Waals surface area contributed by atoms with Crippen LogP contribution in [0.15, 0.2) is 48.8 Å². The molecule has 2 aliphatic rings. The summed E-state index contributed by atoms with van der Waals surface area (Å²) in [5.41, 5.74) is -0.697. The van der Waals surface area contributed by atoms with Crippen molar-refractivity contribution in [3.05, 3.63) is 70.0 Å². The molecule has 0 saturated carbocycles. The SMILES string of the molecule is O=[N+]([O-])c1c(Nc2ccccc2C(F)(F)F)ncnc1N1CCN(Cc2ccc3c(c2)OCO3)CC1. The van der Waals surface area contributed by atoms with Crippen molar-refractivity contribution in [1.29, 1.82) is 0 Å². The number of benzene rings is 2. The molecule has 1 fully saturated rings. The fourth-order valence-corrected chi connectivity index (χ4v) is 4.24. The van der Waals surface area contributed by atoms with E-state index in [0.717, 1.165) is 18.0 Å². The summed E-state index contributed by atoms with van der Waals surface area (Å²) >= 11 is 0. The Bertz CT molecular complexity index is 1280. The maximum absolute atomic E-state index is 13.4. The Labute approximate surface area is 203 Å². The van der Waals surface area contributed by atoms with Gasteiger partial charge < -0.3 is 19.7 Å². The topological polar surface area (TPSA) is 106 Å². The summed E-state index contributed by atoms with van der Waals surface area (Å²) < 4.78 is 51.0. The number of halogens is 3. The van der Waals surface area contributed by atoms with Gasteiger partial charge in [-0.25, -0.2) is 9.97 Å². The number of aromatic nitrogens is 2. The van der Waals surface area contributed by atoms with Crippen molar-refractivity contribution < 1.29 is 27.6 Å². The molecular formula is C23H21F3N6O4. The van der Waals surface area contributed by atoms with Crippen LogP contribution in [-0.4, -0.2) is 52.8 Å². The van der Waals surface area contributed by atoms with Gasteiger partial charge in [0.25, 0.3) is 0 Å². The molecule has 2 aliphatic heterocycles. The smallest absolute Gasteiger partial charge is 0.418 e. The molecule has 0 bridgehead atoms. The Balaban J connectivity index is 1.32. The van der Waals surface area contributed by atoms with E-state index < -0.39 is 22.4 Å². The lowest BCUT2D eigenvalue weighted by Crippen LogP contribution is -2.46. The average molecular weight is 502 g/mol. The number of ether oxygens (including phenoxy) is 2. The minimum atomic E-state index is -4.64. The molecule has 188 valence electrons. The van der Waals surface area contributed by atoms with Gasteiger partial charge in [-0.3, -0.25) is 15.0 Å². The molecule has 2 aromatic carbocycles. The third-order valence-corrected chi connectivity index (χ3v) is 5.99. The lowest BCUT2D eigenvalue weighted by Gasteiger charge is -2.35. The average Bonchev–Trinajstić information content (AvgIpc) is 3.32. The van der Waals surface area contributed by atoms with Gasteiger partial charge in [-0.15, -0.1) is 0 Å². The van der Waals surface area contributed by atoms with Gasteiger partial charge in [-0.1, -0.05) is 18.2 Å². The lowest BCUT2D eigenvalue weighted by atomic mass is 10.1. The van der Waals surface area contributed by atoms with Crippen LogP contribution in [0.4, 0.5) is 36.2 Å². The van der Waals surface area contributed by atoms with Gasteiger partial charge in [-0.05, 0) is 29.8 Å². The number of alkyl halides is 3. The Morgan fingerprint density at radius 1 is 1.03 bits per heavy atom. The normalized spacial score (nSPS) is 15.7. The van der Waals surface area contributed by atoms with E-state index in [1.54, 1.807) is 4.90 Å². The predicted octanol–water partition coefficient (Wildman–Crippen LogP) is 4.20. The Hall–Kier alpha value is -4.13. The van der Waals surface area contributed by atoms with Crippen molar-refractivity contribution >= 4 is 23.0 Å². The number of nitrogens with zero attached hydrogens (tertiary/aromatic N) is 5. The van der Waals surface area contributed by atoms with Gasteiger partial charge in [0, 0.05) is 32.7 Å². The summed E-state index contributed by atoms with van der Waals surface area (Å²) in [6.45, 7) is 2.97. The van der Waals surface area contributed by atoms with Crippen LogP contribution >= 0.6 is 0 Å². The van der Waals surface area contributed by atoms with Crippen molar-refractivity contribution in [2.24, 2.45) is 0 Å². The zero-order valence-electron chi connectivity index (χ0n) is 18.9. The molecule has 1 saturated heterocycles. The molecule has 5 rings (SSSR count). The molecule has 0 atom stereocenters. The highest BCUT2D eigenvalue weighted by molar-refractivity contribution is 5.75. The van der Waals surface area contributed by atoms with E-state index in [-0.39, 0.29) is 24.1 Å². The summed E-state index contributed by atoms with van der Waals surface area (Å²) in [7, 11) is 0. The van der Waals surface area contributed by atoms with Crippen LogP contribution in [0, 0.1) is 10.1 Å². The zero-order chi connectivity index (χ0) is 25.3. The molecular weight excluding hydrogens is 481 g/mol. The van der Waals surface area contributed by atoms with E-state index in [0.29, 0.717) is 44.2 Å². The highest BCUT2D eigenvalue weighted by Gasteiger charge is 2.35. The predicted molar refractivity (Wildman–Crippen MR) is 123 cm³/mol. The standard InChI is InChI=1S/C23H21F3N6O4/c24-23(25,26)16-3-1-2-4-17(16)29-21-20(32(33)34)22(28-13-27-21)31-9-7-30(8-10-31)12-15-5-6-18-19(11-15)36-14-35-18/h1-6,11,13H,7-10,12,14H2,(H,27,28,29). The van der Waals surface area contributed by atoms with Gasteiger partial charge in [-0.2, -0.15) is 13.2 Å². The second-order valence-electron chi connectivity index (χ2n) is 8.27. The van der Waals surface area contributed by atoms with Crippen molar-refractivity contribution in [3.63, 3.8) is 0 Å². The molecule has 3 aromatic rings. The van der Waals surface area contributed by atoms with Crippen LogP contribution in [-0.2, 0) is 12.7 Å². The summed E-state index contributed by atoms with van der Waals surface area (Å²) in [4.78, 5) is 23.2. The van der Waals surface area contributed by atoms with E-state index in [9.17, 15) is 23.3 Å². The molecule has 0 unspecified atom stereocenters. The van der Waals surface area contributed by atoms with Gasteiger partial charge in [0.15, 0.2) is 11.5 Å². The summed E-state index contributed by atoms with van der Waals surface area (Å²) in [5, 5.41) is 14.5. The third kappa shape index (κ3) is 4.82. The van der Waals surface area contributed by atoms with Gasteiger partial charge >= 0.3 is 11.9 Å². The summed E-state index contributed by atoms with van der Waals surface area (Å²) in [5.74, 6) is 1.17. The summed E-state index contributed by atoms with van der Waals surface area (Å²) in [6.07, 6.45) is -3.53. The molecule has 1 aromatic heterocycles. The number of rotatable bonds is 6. The van der Waals surface area contributed by atoms with Crippen molar-refractivity contribution in [3.8, 4) is 11.5 Å². The fourth-order valence-electron chi connectivity index (χ4n) is 4.24. The van der Waals surface area contributed by atoms with Crippen LogP contribution in [0.25, 0.3) is 0 Å². The van der Waals surface area contributed by atoms with E-state index in [2.05, 4.69) is 20.2 Å². The molecule has 13 heteroatoms. The molecule has 0 spiro atoms. The van der Waals surface area contributed by atoms with Crippen LogP contribution in [0.2, 0.25) is 0 Å². The summed E-state index contributed by atoms with van der Waals surface area (Å²) in [6, 6.07) is 10.5. The molecule has 3 heterocycles. The minimum Gasteiger partial charge on any atom is -0.454 e. The number of hydrogen-bond donors (Lipinski definition) is 1. The number of nitro groups is 1. The maximum atomic E-state index is 13.4. The quantitative estimate of drug-likeness (QED) is 0.392. The first-order valence-electron chi connectivity index (χ1n) is 11.1. The Morgan fingerprint density at radius 3 is 2.53 bits per heavy atom. The third-order valence-electron chi connectivity index (χ3n) is 5.99. The maximum Gasteiger partial charge on any atom is 0.418 e. The molecule has 0 amide bonds. The Morgan fingerprint density at radius 2 is 1.78 bits per heavy atom. The van der Waals surface area contributed by atoms with Crippen molar-refractivity contribution in [2.75, 3.05) is 43.2 Å². The molecule has 0 aliphatic carbocycles. The molecule has 0 radical (unpaired) electrons. The minimum absolute atomic E-state index is 0.0599. The first-order chi connectivity index (χ1) is 17.3. The highest BCUT2D eigenvalue weighted by atomic mass is 19.4. The number of nitrogens with one attached hydrogen (secondary N) is 1. The van der Waals surface area contributed by atoms with E-state index >= 15 is 0 Å². The van der Waals surface area contributed by atoms with Crippen molar-refractivity contribution in [1.82, 2.24) is 14.9 Å². The highest BCUT2D eigenvalue weighted by Crippen LogP contribution is 2.39. The van der Waals surface area contributed by atoms with Crippen molar-refractivity contribution in [2.45, 2.75) is 12.7 Å². The molecule has 36 heavy (non-hydrogen) atoms. The van der Waals surface area contributed by atoms with Crippen LogP contribution in [0.3, 0.4) is 0 Å². The largest absolute Gasteiger partial charge is 0.454 e. The monoisotopic (exact) mass is 502 g/mol.